The van der Waals surface area contributed by atoms with Crippen molar-refractivity contribution in [1.29, 1.82) is 0 Å². The number of aromatic nitrogens is 1. The molecule has 0 atom stereocenters. The van der Waals surface area contributed by atoms with Crippen molar-refractivity contribution in [2.24, 2.45) is 5.73 Å². The first kappa shape index (κ1) is 20.0. The number of anilines is 1. The molecule has 0 aliphatic rings. The highest BCUT2D eigenvalue weighted by molar-refractivity contribution is 5.96. The fraction of sp³-hybridized carbons (Fsp3) is 0.182. The Bertz CT molecular complexity index is 1050. The number of hydrogen-bond acceptors (Lipinski definition) is 4. The van der Waals surface area contributed by atoms with Crippen LogP contribution in [0.5, 0.6) is 0 Å². The van der Waals surface area contributed by atoms with Gasteiger partial charge in [0.05, 0.1) is 5.52 Å². The van der Waals surface area contributed by atoms with E-state index in [1.54, 1.807) is 35.2 Å². The van der Waals surface area contributed by atoms with E-state index in [1.165, 1.54) is 0 Å². The van der Waals surface area contributed by atoms with Gasteiger partial charge < -0.3 is 16.0 Å². The zero-order chi connectivity index (χ0) is 20.8. The largest absolute Gasteiger partial charge is 0.366 e. The second kappa shape index (κ2) is 8.97. The van der Waals surface area contributed by atoms with Crippen molar-refractivity contribution in [1.82, 2.24) is 9.88 Å². The van der Waals surface area contributed by atoms with E-state index in [0.29, 0.717) is 23.5 Å². The first-order chi connectivity index (χ1) is 14.0. The summed E-state index contributed by atoms with van der Waals surface area (Å²) in [4.78, 5) is 42.1. The lowest BCUT2D eigenvalue weighted by Crippen LogP contribution is -2.34. The minimum absolute atomic E-state index is 0.144. The molecule has 3 amide bonds. The fourth-order valence-corrected chi connectivity index (χ4v) is 2.93. The SMILES string of the molecule is CCN(CCC(=O)Nc1ccc(C(N)=O)cc1)C(=O)c1ccc2ccccc2n1. The Morgan fingerprint density at radius 1 is 1.00 bits per heavy atom. The lowest BCUT2D eigenvalue weighted by Gasteiger charge is -2.20. The van der Waals surface area contributed by atoms with Crippen molar-refractivity contribution in [2.75, 3.05) is 18.4 Å². The molecule has 0 saturated carbocycles. The Morgan fingerprint density at radius 2 is 1.72 bits per heavy atom. The summed E-state index contributed by atoms with van der Waals surface area (Å²) in [7, 11) is 0. The van der Waals surface area contributed by atoms with Crippen LogP contribution in [0.15, 0.2) is 60.7 Å². The number of nitrogens with one attached hydrogen (secondary N) is 1. The number of hydrogen-bond donors (Lipinski definition) is 2. The lowest BCUT2D eigenvalue weighted by atomic mass is 10.2. The van der Waals surface area contributed by atoms with Gasteiger partial charge in [-0.05, 0) is 43.3 Å². The monoisotopic (exact) mass is 390 g/mol. The Kier molecular flexibility index (Phi) is 6.19. The highest BCUT2D eigenvalue weighted by Gasteiger charge is 2.17. The van der Waals surface area contributed by atoms with Crippen LogP contribution < -0.4 is 11.1 Å². The number of primary amides is 1. The van der Waals surface area contributed by atoms with Crippen molar-refractivity contribution in [3.63, 3.8) is 0 Å². The smallest absolute Gasteiger partial charge is 0.272 e. The standard InChI is InChI=1S/C22H22N4O3/c1-2-26(22(29)19-12-9-15-5-3-4-6-18(15)25-19)14-13-20(27)24-17-10-7-16(8-11-17)21(23)28/h3-12H,2,13-14H2,1H3,(H2,23,28)(H,24,27). The molecular weight excluding hydrogens is 368 g/mol. The summed E-state index contributed by atoms with van der Waals surface area (Å²) >= 11 is 0. The Hall–Kier alpha value is -3.74. The van der Waals surface area contributed by atoms with E-state index in [2.05, 4.69) is 10.3 Å². The van der Waals surface area contributed by atoms with Crippen LogP contribution in [0.1, 0.15) is 34.2 Å². The van der Waals surface area contributed by atoms with Gasteiger partial charge in [-0.1, -0.05) is 24.3 Å². The zero-order valence-corrected chi connectivity index (χ0v) is 16.1. The topological polar surface area (TPSA) is 105 Å². The van der Waals surface area contributed by atoms with Gasteiger partial charge in [0.15, 0.2) is 0 Å². The Morgan fingerprint density at radius 3 is 2.41 bits per heavy atom. The fourth-order valence-electron chi connectivity index (χ4n) is 2.93. The molecule has 29 heavy (non-hydrogen) atoms. The molecule has 0 aliphatic carbocycles. The average Bonchev–Trinajstić information content (AvgIpc) is 2.74. The van der Waals surface area contributed by atoms with Crippen molar-refractivity contribution < 1.29 is 14.4 Å². The van der Waals surface area contributed by atoms with Crippen molar-refractivity contribution in [2.45, 2.75) is 13.3 Å². The predicted octanol–water partition coefficient (Wildman–Crippen LogP) is 2.82. The molecule has 0 saturated heterocycles. The molecule has 1 aromatic heterocycles. The first-order valence-electron chi connectivity index (χ1n) is 9.32. The summed E-state index contributed by atoms with van der Waals surface area (Å²) < 4.78 is 0. The van der Waals surface area contributed by atoms with Gasteiger partial charge in [-0.15, -0.1) is 0 Å². The predicted molar refractivity (Wildman–Crippen MR) is 112 cm³/mol. The molecule has 148 valence electrons. The zero-order valence-electron chi connectivity index (χ0n) is 16.1. The third-order valence-electron chi connectivity index (χ3n) is 4.55. The minimum atomic E-state index is -0.526. The molecule has 7 heteroatoms. The van der Waals surface area contributed by atoms with E-state index in [9.17, 15) is 14.4 Å². The Balaban J connectivity index is 1.60. The van der Waals surface area contributed by atoms with Gasteiger partial charge in [-0.2, -0.15) is 0 Å². The van der Waals surface area contributed by atoms with Crippen LogP contribution in [-0.2, 0) is 4.79 Å². The van der Waals surface area contributed by atoms with Crippen molar-refractivity contribution in [3.05, 3.63) is 71.9 Å². The van der Waals surface area contributed by atoms with Gasteiger partial charge in [0.2, 0.25) is 11.8 Å². The maximum atomic E-state index is 12.8. The number of benzene rings is 2. The number of para-hydroxylation sites is 1. The maximum Gasteiger partial charge on any atom is 0.272 e. The third kappa shape index (κ3) is 4.95. The van der Waals surface area contributed by atoms with Crippen LogP contribution in [0.25, 0.3) is 10.9 Å². The lowest BCUT2D eigenvalue weighted by molar-refractivity contribution is -0.116. The molecule has 0 fully saturated rings. The quantitative estimate of drug-likeness (QED) is 0.647. The number of nitrogens with two attached hydrogens (primary N) is 1. The summed E-state index contributed by atoms with van der Waals surface area (Å²) in [6.45, 7) is 2.60. The van der Waals surface area contributed by atoms with Crippen molar-refractivity contribution >= 4 is 34.3 Å². The van der Waals surface area contributed by atoms with Gasteiger partial charge >= 0.3 is 0 Å². The van der Waals surface area contributed by atoms with E-state index in [4.69, 9.17) is 5.73 Å². The van der Waals surface area contributed by atoms with Crippen molar-refractivity contribution in [3.8, 4) is 0 Å². The molecule has 7 nitrogen and oxygen atoms in total. The number of pyridine rings is 1. The van der Waals surface area contributed by atoms with E-state index >= 15 is 0 Å². The number of amides is 3. The van der Waals surface area contributed by atoms with Crippen LogP contribution in [0, 0.1) is 0 Å². The average molecular weight is 390 g/mol. The molecule has 3 N–H and O–H groups in total. The molecule has 3 rings (SSSR count). The summed E-state index contributed by atoms with van der Waals surface area (Å²) in [5, 5.41) is 3.71. The second-order valence-electron chi connectivity index (χ2n) is 6.51. The number of nitrogens with zero attached hydrogens (tertiary/aromatic N) is 2. The van der Waals surface area contributed by atoms with Gasteiger partial charge in [0.25, 0.3) is 5.91 Å². The van der Waals surface area contributed by atoms with Crippen LogP contribution in [0.2, 0.25) is 0 Å². The molecule has 0 radical (unpaired) electrons. The third-order valence-corrected chi connectivity index (χ3v) is 4.55. The summed E-state index contributed by atoms with van der Waals surface area (Å²) in [6, 6.07) is 17.5. The molecule has 0 spiro atoms. The van der Waals surface area contributed by atoms with Crippen LogP contribution >= 0.6 is 0 Å². The molecule has 2 aromatic carbocycles. The van der Waals surface area contributed by atoms with E-state index in [-0.39, 0.29) is 24.8 Å². The minimum Gasteiger partial charge on any atom is -0.366 e. The number of carbonyl (C=O) groups is 3. The normalized spacial score (nSPS) is 10.5. The van der Waals surface area contributed by atoms with Crippen LogP contribution in [0.3, 0.4) is 0 Å². The molecule has 1 heterocycles. The van der Waals surface area contributed by atoms with E-state index in [1.807, 2.05) is 37.3 Å². The molecule has 3 aromatic rings. The Labute approximate surface area is 168 Å². The van der Waals surface area contributed by atoms with Gasteiger partial charge in [0.1, 0.15) is 5.69 Å². The number of fused-ring (bicyclic) bond motifs is 1. The van der Waals surface area contributed by atoms with Crippen LogP contribution in [0.4, 0.5) is 5.69 Å². The second-order valence-corrected chi connectivity index (χ2v) is 6.51. The summed E-state index contributed by atoms with van der Waals surface area (Å²) in [5.74, 6) is -0.964. The highest BCUT2D eigenvalue weighted by Crippen LogP contribution is 2.14. The highest BCUT2D eigenvalue weighted by atomic mass is 16.2. The first-order valence-corrected chi connectivity index (χ1v) is 9.32. The molecular formula is C22H22N4O3. The summed E-state index contributed by atoms with van der Waals surface area (Å²) in [5.41, 5.74) is 7.24. The number of carbonyl (C=O) groups excluding carboxylic acids is 3. The van der Waals surface area contributed by atoms with E-state index < -0.39 is 5.91 Å². The van der Waals surface area contributed by atoms with Gasteiger partial charge in [-0.3, -0.25) is 14.4 Å². The number of rotatable bonds is 7. The molecule has 0 bridgehead atoms. The van der Waals surface area contributed by atoms with Gasteiger partial charge in [-0.25, -0.2) is 4.98 Å². The molecule has 0 unspecified atom stereocenters. The maximum absolute atomic E-state index is 12.8. The van der Waals surface area contributed by atoms with E-state index in [0.717, 1.165) is 10.9 Å². The van der Waals surface area contributed by atoms with Crippen LogP contribution in [-0.4, -0.2) is 40.7 Å². The molecule has 0 aliphatic heterocycles. The summed E-state index contributed by atoms with van der Waals surface area (Å²) in [6.07, 6.45) is 0.144. The van der Waals surface area contributed by atoms with Gasteiger partial charge in [0, 0.05) is 36.1 Å².